The van der Waals surface area contributed by atoms with Gasteiger partial charge in [-0.15, -0.1) is 0 Å². The topological polar surface area (TPSA) is 91.7 Å². The number of carboxylic acid groups (broad SMARTS) is 1. The maximum absolute atomic E-state index is 11.4. The second-order valence-corrected chi connectivity index (χ2v) is 6.42. The third-order valence-corrected chi connectivity index (χ3v) is 4.29. The summed E-state index contributed by atoms with van der Waals surface area (Å²) in [4.78, 5) is 10.7. The third kappa shape index (κ3) is 4.84. The van der Waals surface area contributed by atoms with Crippen LogP contribution in [0.1, 0.15) is 22.3 Å². The smallest absolute Gasteiger partial charge is 0.335 e. The van der Waals surface area contributed by atoms with E-state index >= 15 is 0 Å². The van der Waals surface area contributed by atoms with Crippen LogP contribution in [0.25, 0.3) is 5.57 Å². The van der Waals surface area contributed by atoms with Crippen molar-refractivity contribution in [1.82, 2.24) is 0 Å². The van der Waals surface area contributed by atoms with Crippen LogP contribution in [0.3, 0.4) is 0 Å². The summed E-state index contributed by atoms with van der Waals surface area (Å²) in [5.41, 5.74) is 1.51. The largest absolute Gasteiger partial charge is 0.478 e. The van der Waals surface area contributed by atoms with Gasteiger partial charge in [0.05, 0.1) is 23.7 Å². The lowest BCUT2D eigenvalue weighted by molar-refractivity contribution is 0.0697. The first kappa shape index (κ1) is 15.4. The Kier molecular flexibility index (Phi) is 5.26. The molecule has 0 atom stereocenters. The molecule has 0 radical (unpaired) electrons. The first-order valence-electron chi connectivity index (χ1n) is 5.68. The molecule has 0 fully saturated rings. The first-order chi connectivity index (χ1) is 8.85. The Labute approximate surface area is 112 Å². The summed E-state index contributed by atoms with van der Waals surface area (Å²) in [6, 6.07) is 6.10. The van der Waals surface area contributed by atoms with Crippen LogP contribution < -0.4 is 0 Å². The number of aliphatic hydroxyl groups is 1. The van der Waals surface area contributed by atoms with Gasteiger partial charge in [0.1, 0.15) is 0 Å². The fraction of sp³-hybridized carbons (Fsp3) is 0.308. The number of benzene rings is 1. The van der Waals surface area contributed by atoms with Crippen molar-refractivity contribution in [2.45, 2.75) is 6.42 Å². The van der Waals surface area contributed by atoms with Gasteiger partial charge in [-0.25, -0.2) is 13.2 Å². The van der Waals surface area contributed by atoms with Crippen LogP contribution >= 0.6 is 0 Å². The molecule has 0 aromatic heterocycles. The number of carbonyl (C=O) groups is 1. The van der Waals surface area contributed by atoms with Gasteiger partial charge in [-0.2, -0.15) is 0 Å². The molecule has 0 unspecified atom stereocenters. The molecule has 1 aromatic rings. The molecule has 5 nitrogen and oxygen atoms in total. The molecule has 1 aromatic carbocycles. The van der Waals surface area contributed by atoms with Crippen molar-refractivity contribution < 1.29 is 23.4 Å². The molecule has 104 valence electrons. The van der Waals surface area contributed by atoms with Gasteiger partial charge in [-0.05, 0) is 29.7 Å². The Bertz CT molecular complexity index is 557. The van der Waals surface area contributed by atoms with Gasteiger partial charge in [0.15, 0.2) is 9.84 Å². The van der Waals surface area contributed by atoms with Crippen molar-refractivity contribution in [3.8, 4) is 0 Å². The van der Waals surface area contributed by atoms with Crippen LogP contribution in [0.5, 0.6) is 0 Å². The van der Waals surface area contributed by atoms with Crippen LogP contribution in [-0.2, 0) is 9.84 Å². The van der Waals surface area contributed by atoms with Crippen LogP contribution in [0.2, 0.25) is 0 Å². The van der Waals surface area contributed by atoms with Crippen molar-refractivity contribution in [2.75, 3.05) is 18.1 Å². The highest BCUT2D eigenvalue weighted by Crippen LogP contribution is 2.17. The number of sulfone groups is 1. The summed E-state index contributed by atoms with van der Waals surface area (Å²) in [6.45, 7) is 3.40. The summed E-state index contributed by atoms with van der Waals surface area (Å²) in [6.07, 6.45) is 0.259. The Morgan fingerprint density at radius 3 is 2.11 bits per heavy atom. The standard InChI is InChI=1S/C13H16O5S/c1-10(6-8-19(17,18)9-7-14)11-2-4-12(5-3-11)13(15)16/h2-5,14H,1,6-9H2,(H,15,16). The molecular formula is C13H16O5S. The second kappa shape index (κ2) is 6.49. The number of carboxylic acids is 1. The van der Waals surface area contributed by atoms with Crippen molar-refractivity contribution in [3.05, 3.63) is 42.0 Å². The number of aliphatic hydroxyl groups excluding tert-OH is 1. The van der Waals surface area contributed by atoms with Crippen LogP contribution in [0.15, 0.2) is 30.8 Å². The molecule has 0 aliphatic carbocycles. The average Bonchev–Trinajstić information content (AvgIpc) is 2.36. The fourth-order valence-electron chi connectivity index (χ4n) is 1.51. The molecule has 0 amide bonds. The summed E-state index contributed by atoms with van der Waals surface area (Å²) < 4.78 is 22.9. The van der Waals surface area contributed by atoms with E-state index in [0.717, 1.165) is 0 Å². The number of allylic oxidation sites excluding steroid dienone is 1. The van der Waals surface area contributed by atoms with E-state index in [0.29, 0.717) is 11.1 Å². The molecule has 2 N–H and O–H groups in total. The Morgan fingerprint density at radius 2 is 1.63 bits per heavy atom. The predicted octanol–water partition coefficient (Wildman–Crippen LogP) is 1.20. The highest BCUT2D eigenvalue weighted by Gasteiger charge is 2.11. The van der Waals surface area contributed by atoms with Crippen LogP contribution in [0.4, 0.5) is 0 Å². The second-order valence-electron chi connectivity index (χ2n) is 4.11. The fourth-order valence-corrected chi connectivity index (χ4v) is 2.55. The maximum atomic E-state index is 11.4. The van der Waals surface area contributed by atoms with Crippen molar-refractivity contribution in [1.29, 1.82) is 0 Å². The number of hydrogen-bond acceptors (Lipinski definition) is 4. The molecule has 0 bridgehead atoms. The zero-order chi connectivity index (χ0) is 14.5. The van der Waals surface area contributed by atoms with E-state index in [1.807, 2.05) is 0 Å². The van der Waals surface area contributed by atoms with Gasteiger partial charge in [0.25, 0.3) is 0 Å². The molecule has 0 aliphatic rings. The van der Waals surface area contributed by atoms with Crippen molar-refractivity contribution >= 4 is 21.4 Å². The highest BCUT2D eigenvalue weighted by molar-refractivity contribution is 7.91. The summed E-state index contributed by atoms with van der Waals surface area (Å²) >= 11 is 0. The molecule has 1 rings (SSSR count). The Hall–Kier alpha value is -1.66. The Morgan fingerprint density at radius 1 is 1.11 bits per heavy atom. The number of aromatic carboxylic acids is 1. The normalized spacial score (nSPS) is 11.2. The van der Waals surface area contributed by atoms with Gasteiger partial charge < -0.3 is 10.2 Å². The lowest BCUT2D eigenvalue weighted by Gasteiger charge is -2.07. The molecule has 0 saturated heterocycles. The minimum atomic E-state index is -3.26. The van der Waals surface area contributed by atoms with Gasteiger partial charge in [0, 0.05) is 0 Å². The molecular weight excluding hydrogens is 268 g/mol. The van der Waals surface area contributed by atoms with Gasteiger partial charge in [-0.1, -0.05) is 18.7 Å². The van der Waals surface area contributed by atoms with E-state index in [4.69, 9.17) is 10.2 Å². The minimum Gasteiger partial charge on any atom is -0.478 e. The lowest BCUT2D eigenvalue weighted by Crippen LogP contribution is -2.14. The zero-order valence-electron chi connectivity index (χ0n) is 10.4. The van der Waals surface area contributed by atoms with Crippen LogP contribution in [0, 0.1) is 0 Å². The molecule has 0 aliphatic heterocycles. The van der Waals surface area contributed by atoms with E-state index in [1.54, 1.807) is 12.1 Å². The molecule has 19 heavy (non-hydrogen) atoms. The van der Waals surface area contributed by atoms with E-state index in [9.17, 15) is 13.2 Å². The van der Waals surface area contributed by atoms with Gasteiger partial charge >= 0.3 is 5.97 Å². The van der Waals surface area contributed by atoms with E-state index in [2.05, 4.69) is 6.58 Å². The SMILES string of the molecule is C=C(CCS(=O)(=O)CCO)c1ccc(C(=O)O)cc1. The molecule has 0 heterocycles. The summed E-state index contributed by atoms with van der Waals surface area (Å²) in [5, 5.41) is 17.4. The zero-order valence-corrected chi connectivity index (χ0v) is 11.2. The van der Waals surface area contributed by atoms with Crippen molar-refractivity contribution in [3.63, 3.8) is 0 Å². The van der Waals surface area contributed by atoms with E-state index in [-0.39, 0.29) is 30.1 Å². The predicted molar refractivity (Wildman–Crippen MR) is 72.8 cm³/mol. The van der Waals surface area contributed by atoms with Gasteiger partial charge in [-0.3, -0.25) is 0 Å². The van der Waals surface area contributed by atoms with E-state index < -0.39 is 15.8 Å². The van der Waals surface area contributed by atoms with Gasteiger partial charge in [0.2, 0.25) is 0 Å². The third-order valence-electron chi connectivity index (χ3n) is 2.66. The monoisotopic (exact) mass is 284 g/mol. The number of hydrogen-bond donors (Lipinski definition) is 2. The maximum Gasteiger partial charge on any atom is 0.335 e. The molecule has 6 heteroatoms. The minimum absolute atomic E-state index is 0.0763. The summed E-state index contributed by atoms with van der Waals surface area (Å²) in [5.74, 6) is -1.34. The van der Waals surface area contributed by atoms with E-state index in [1.165, 1.54) is 12.1 Å². The quantitative estimate of drug-likeness (QED) is 0.785. The molecule has 0 spiro atoms. The van der Waals surface area contributed by atoms with Crippen molar-refractivity contribution in [2.24, 2.45) is 0 Å². The lowest BCUT2D eigenvalue weighted by atomic mass is 10.0. The summed E-state index contributed by atoms with van der Waals surface area (Å²) in [7, 11) is -3.26. The first-order valence-corrected chi connectivity index (χ1v) is 7.50. The Balaban J connectivity index is 2.66. The highest BCUT2D eigenvalue weighted by atomic mass is 32.2. The van der Waals surface area contributed by atoms with Crippen LogP contribution in [-0.4, -0.2) is 42.7 Å². The average molecular weight is 284 g/mol. The number of rotatable bonds is 7. The molecule has 0 saturated carbocycles.